The van der Waals surface area contributed by atoms with Gasteiger partial charge in [-0.25, -0.2) is 0 Å². The highest BCUT2D eigenvalue weighted by atomic mass is 16.6. The van der Waals surface area contributed by atoms with Crippen LogP contribution in [-0.4, -0.2) is 37.9 Å². The fourth-order valence-electron chi connectivity index (χ4n) is 7.08. The van der Waals surface area contributed by atoms with Crippen LogP contribution in [-0.2, 0) is 23.8 Å². The summed E-state index contributed by atoms with van der Waals surface area (Å²) in [7, 11) is 0. The topological polar surface area (TPSA) is 61.8 Å². The standard InChI is InChI=1S/C59H100O5/c1-4-7-10-13-16-19-22-24-26-28-30-31-33-35-38-40-43-46-49-52-58(60)63-56-57(64-59(61)53-50-47-44-41-37-21-18-15-12-9-6-3)55-62-54-51-48-45-42-39-36-34-32-29-27-25-23-20-17-14-11-8-5-2/h8,11,15-20,24-27,30-32,34,57H,4-7,9-10,12-14,21-23,28-29,33,35-56H2,1-3H3/b11-8-,18-15-,19-16-,20-17-,26-24-,27-25-,31-30-,34-32-. The molecule has 366 valence electrons. The minimum atomic E-state index is -0.561. The van der Waals surface area contributed by atoms with Crippen LogP contribution in [0, 0.1) is 0 Å². The molecule has 0 fully saturated rings. The van der Waals surface area contributed by atoms with E-state index in [2.05, 4.69) is 118 Å². The first kappa shape index (κ1) is 60.8. The van der Waals surface area contributed by atoms with Crippen LogP contribution in [0.4, 0.5) is 0 Å². The number of carbonyl (C=O) groups excluding carboxylic acids is 2. The van der Waals surface area contributed by atoms with Crippen LogP contribution < -0.4 is 0 Å². The third kappa shape index (κ3) is 51.5. The van der Waals surface area contributed by atoms with Crippen molar-refractivity contribution in [2.45, 2.75) is 245 Å². The van der Waals surface area contributed by atoms with Crippen LogP contribution in [0.1, 0.15) is 239 Å². The first-order valence-corrected chi connectivity index (χ1v) is 26.8. The van der Waals surface area contributed by atoms with E-state index in [1.807, 2.05) is 0 Å². The number of unbranched alkanes of at least 4 members (excludes halogenated alkanes) is 21. The average Bonchev–Trinajstić information content (AvgIpc) is 3.30. The average molecular weight is 889 g/mol. The van der Waals surface area contributed by atoms with Gasteiger partial charge in [0.2, 0.25) is 0 Å². The van der Waals surface area contributed by atoms with Gasteiger partial charge in [-0.05, 0) is 116 Å². The summed E-state index contributed by atoms with van der Waals surface area (Å²) in [6.07, 6.45) is 72.7. The molecule has 1 unspecified atom stereocenters. The minimum absolute atomic E-state index is 0.0626. The van der Waals surface area contributed by atoms with E-state index in [4.69, 9.17) is 14.2 Å². The molecule has 0 radical (unpaired) electrons. The Hall–Kier alpha value is -3.18. The van der Waals surface area contributed by atoms with Gasteiger partial charge in [-0.1, -0.05) is 208 Å². The highest BCUT2D eigenvalue weighted by Gasteiger charge is 2.17. The minimum Gasteiger partial charge on any atom is -0.462 e. The van der Waals surface area contributed by atoms with Gasteiger partial charge < -0.3 is 14.2 Å². The molecule has 5 nitrogen and oxygen atoms in total. The number of carbonyl (C=O) groups is 2. The first-order valence-electron chi connectivity index (χ1n) is 26.8. The molecular weight excluding hydrogens is 789 g/mol. The van der Waals surface area contributed by atoms with Crippen molar-refractivity contribution in [1.29, 1.82) is 0 Å². The number of allylic oxidation sites excluding steroid dienone is 16. The van der Waals surface area contributed by atoms with E-state index in [1.54, 1.807) is 0 Å². The summed E-state index contributed by atoms with van der Waals surface area (Å²) in [4.78, 5) is 25.4. The third-order valence-corrected chi connectivity index (χ3v) is 11.1. The molecule has 0 saturated carbocycles. The smallest absolute Gasteiger partial charge is 0.306 e. The second-order valence-electron chi connectivity index (χ2n) is 17.4. The van der Waals surface area contributed by atoms with Crippen LogP contribution in [0.5, 0.6) is 0 Å². The van der Waals surface area contributed by atoms with Crippen LogP contribution in [0.3, 0.4) is 0 Å². The van der Waals surface area contributed by atoms with E-state index < -0.39 is 6.10 Å². The summed E-state index contributed by atoms with van der Waals surface area (Å²) >= 11 is 0. The van der Waals surface area contributed by atoms with Gasteiger partial charge in [-0.3, -0.25) is 9.59 Å². The van der Waals surface area contributed by atoms with Crippen molar-refractivity contribution in [1.82, 2.24) is 0 Å². The van der Waals surface area contributed by atoms with Gasteiger partial charge in [0.25, 0.3) is 0 Å². The van der Waals surface area contributed by atoms with Gasteiger partial charge in [-0.15, -0.1) is 0 Å². The van der Waals surface area contributed by atoms with E-state index in [0.717, 1.165) is 109 Å². The van der Waals surface area contributed by atoms with Crippen molar-refractivity contribution in [3.63, 3.8) is 0 Å². The van der Waals surface area contributed by atoms with Gasteiger partial charge in [0.15, 0.2) is 6.10 Å². The van der Waals surface area contributed by atoms with Crippen molar-refractivity contribution in [3.8, 4) is 0 Å². The molecule has 0 heterocycles. The zero-order chi connectivity index (χ0) is 46.3. The Morgan fingerprint density at radius 2 is 0.719 bits per heavy atom. The molecule has 0 rings (SSSR count). The molecule has 1 atom stereocenters. The number of rotatable bonds is 48. The second-order valence-corrected chi connectivity index (χ2v) is 17.4. The number of hydrogen-bond acceptors (Lipinski definition) is 5. The van der Waals surface area contributed by atoms with Crippen molar-refractivity contribution in [3.05, 3.63) is 97.2 Å². The monoisotopic (exact) mass is 889 g/mol. The third-order valence-electron chi connectivity index (χ3n) is 11.1. The molecule has 5 heteroatoms. The molecule has 0 aromatic rings. The normalized spacial score (nSPS) is 13.0. The van der Waals surface area contributed by atoms with Crippen LogP contribution in [0.2, 0.25) is 0 Å². The first-order chi connectivity index (χ1) is 31.6. The van der Waals surface area contributed by atoms with Gasteiger partial charge >= 0.3 is 11.9 Å². The van der Waals surface area contributed by atoms with Crippen molar-refractivity contribution < 1.29 is 23.8 Å². The van der Waals surface area contributed by atoms with Crippen molar-refractivity contribution >= 4 is 11.9 Å². The second kappa shape index (κ2) is 54.2. The predicted octanol–water partition coefficient (Wildman–Crippen LogP) is 18.2. The lowest BCUT2D eigenvalue weighted by molar-refractivity contribution is -0.163. The Morgan fingerprint density at radius 3 is 1.19 bits per heavy atom. The van der Waals surface area contributed by atoms with Gasteiger partial charge in [0.1, 0.15) is 6.61 Å². The van der Waals surface area contributed by atoms with Crippen molar-refractivity contribution in [2.24, 2.45) is 0 Å². The SMILES string of the molecule is CC/C=C\C/C=C\C/C=C\C/C=C\CCCCCCCOCC(COC(=O)CCCCCCCC/C=C\C/C=C\C/C=C\CCCCC)OC(=O)CCCCCCC/C=C\CCCC. The molecule has 0 aliphatic heterocycles. The molecule has 0 aromatic heterocycles. The summed E-state index contributed by atoms with van der Waals surface area (Å²) in [6.45, 7) is 7.59. The van der Waals surface area contributed by atoms with Crippen LogP contribution in [0.15, 0.2) is 97.2 Å². The molecule has 0 aromatic carbocycles. The molecule has 0 spiro atoms. The zero-order valence-corrected chi connectivity index (χ0v) is 42.0. The van der Waals surface area contributed by atoms with E-state index >= 15 is 0 Å². The molecular formula is C59H100O5. The van der Waals surface area contributed by atoms with Gasteiger partial charge in [0, 0.05) is 19.4 Å². The highest BCUT2D eigenvalue weighted by Crippen LogP contribution is 2.13. The van der Waals surface area contributed by atoms with Gasteiger partial charge in [0.05, 0.1) is 6.61 Å². The van der Waals surface area contributed by atoms with E-state index in [-0.39, 0.29) is 25.2 Å². The summed E-state index contributed by atoms with van der Waals surface area (Å²) in [5.41, 5.74) is 0. The fourth-order valence-corrected chi connectivity index (χ4v) is 7.08. The Kier molecular flexibility index (Phi) is 51.5. The quantitative estimate of drug-likeness (QED) is 0.0346. The fraction of sp³-hybridized carbons (Fsp3) is 0.695. The van der Waals surface area contributed by atoms with E-state index in [1.165, 1.54) is 96.3 Å². The maximum atomic E-state index is 12.8. The number of esters is 2. The molecule has 0 amide bonds. The number of hydrogen-bond donors (Lipinski definition) is 0. The zero-order valence-electron chi connectivity index (χ0n) is 42.0. The van der Waals surface area contributed by atoms with Crippen molar-refractivity contribution in [2.75, 3.05) is 19.8 Å². The largest absolute Gasteiger partial charge is 0.462 e. The molecule has 64 heavy (non-hydrogen) atoms. The van der Waals surface area contributed by atoms with Gasteiger partial charge in [-0.2, -0.15) is 0 Å². The summed E-state index contributed by atoms with van der Waals surface area (Å²) in [6, 6.07) is 0. The molecule has 0 bridgehead atoms. The summed E-state index contributed by atoms with van der Waals surface area (Å²) in [5, 5.41) is 0. The van der Waals surface area contributed by atoms with E-state index in [9.17, 15) is 9.59 Å². The Morgan fingerprint density at radius 1 is 0.359 bits per heavy atom. The van der Waals surface area contributed by atoms with Crippen LogP contribution >= 0.6 is 0 Å². The van der Waals surface area contributed by atoms with Crippen LogP contribution in [0.25, 0.3) is 0 Å². The maximum absolute atomic E-state index is 12.8. The Balaban J connectivity index is 4.31. The molecule has 0 aliphatic carbocycles. The number of ether oxygens (including phenoxy) is 3. The lowest BCUT2D eigenvalue weighted by atomic mass is 10.1. The maximum Gasteiger partial charge on any atom is 0.306 e. The molecule has 0 saturated heterocycles. The molecule has 0 N–H and O–H groups in total. The van der Waals surface area contributed by atoms with E-state index in [0.29, 0.717) is 19.4 Å². The molecule has 0 aliphatic rings. The Bertz CT molecular complexity index is 1230. The summed E-state index contributed by atoms with van der Waals surface area (Å²) < 4.78 is 17.4. The lowest BCUT2D eigenvalue weighted by Crippen LogP contribution is -2.30. The Labute approximate surface area is 396 Å². The highest BCUT2D eigenvalue weighted by molar-refractivity contribution is 5.70. The lowest BCUT2D eigenvalue weighted by Gasteiger charge is -2.18. The summed E-state index contributed by atoms with van der Waals surface area (Å²) in [5.74, 6) is -0.436. The predicted molar refractivity (Wildman–Crippen MR) is 279 cm³/mol.